The van der Waals surface area contributed by atoms with E-state index in [0.717, 1.165) is 11.1 Å². The van der Waals surface area contributed by atoms with Crippen molar-refractivity contribution in [2.45, 2.75) is 0 Å². The van der Waals surface area contributed by atoms with E-state index in [-0.39, 0.29) is 0 Å². The summed E-state index contributed by atoms with van der Waals surface area (Å²) in [6.45, 7) is 0. The van der Waals surface area contributed by atoms with Gasteiger partial charge in [0.05, 0.1) is 40.6 Å². The lowest BCUT2D eigenvalue weighted by atomic mass is 10.0. The van der Waals surface area contributed by atoms with Gasteiger partial charge in [-0.15, -0.1) is 0 Å². The van der Waals surface area contributed by atoms with Gasteiger partial charge in [0, 0.05) is 0 Å². The highest BCUT2D eigenvalue weighted by atomic mass is 16.5. The molecule has 0 N–H and O–H groups in total. The van der Waals surface area contributed by atoms with Gasteiger partial charge in [0.25, 0.3) is 0 Å². The summed E-state index contributed by atoms with van der Waals surface area (Å²) in [5.41, 5.74) is 1.84. The predicted molar refractivity (Wildman–Crippen MR) is 75.8 cm³/mol. The first kappa shape index (κ1) is 14.1. The Bertz CT molecular complexity index is 495. The molecule has 4 nitrogen and oxygen atoms in total. The van der Waals surface area contributed by atoms with E-state index in [1.165, 1.54) is 0 Å². The molecule has 0 fully saturated rings. The van der Waals surface area contributed by atoms with Gasteiger partial charge in [-0.25, -0.2) is 0 Å². The molecule has 2 rings (SSSR count). The van der Waals surface area contributed by atoms with Crippen molar-refractivity contribution in [3.05, 3.63) is 36.4 Å². The van der Waals surface area contributed by atoms with Crippen LogP contribution in [0, 0.1) is 12.1 Å². The monoisotopic (exact) mass is 272 g/mol. The first-order chi connectivity index (χ1) is 9.69. The van der Waals surface area contributed by atoms with Crippen LogP contribution in [0.15, 0.2) is 24.3 Å². The van der Waals surface area contributed by atoms with Gasteiger partial charge in [-0.1, -0.05) is 0 Å². The van der Waals surface area contributed by atoms with Gasteiger partial charge in [-0.2, -0.15) is 0 Å². The number of benzene rings is 2. The second-order valence-electron chi connectivity index (χ2n) is 4.01. The van der Waals surface area contributed by atoms with Gasteiger partial charge in [0.2, 0.25) is 0 Å². The molecular formula is C16H16O4. The van der Waals surface area contributed by atoms with Gasteiger partial charge in [-0.3, -0.25) is 0 Å². The molecule has 2 aromatic carbocycles. The van der Waals surface area contributed by atoms with Crippen molar-refractivity contribution >= 4 is 0 Å². The smallest absolute Gasteiger partial charge is 0.131 e. The molecule has 2 radical (unpaired) electrons. The third kappa shape index (κ3) is 2.96. The number of rotatable bonds is 5. The van der Waals surface area contributed by atoms with E-state index in [1.807, 2.05) is 24.3 Å². The summed E-state index contributed by atoms with van der Waals surface area (Å²) in [5, 5.41) is 0. The van der Waals surface area contributed by atoms with Crippen LogP contribution in [0.2, 0.25) is 0 Å². The van der Waals surface area contributed by atoms with E-state index in [2.05, 4.69) is 12.1 Å². The predicted octanol–water partition coefficient (Wildman–Crippen LogP) is 2.99. The molecule has 0 spiro atoms. The van der Waals surface area contributed by atoms with Crippen LogP contribution in [0.25, 0.3) is 11.1 Å². The topological polar surface area (TPSA) is 36.9 Å². The van der Waals surface area contributed by atoms with Gasteiger partial charge in [-0.05, 0) is 35.4 Å². The summed E-state index contributed by atoms with van der Waals surface area (Å²) in [6.07, 6.45) is 0. The highest BCUT2D eigenvalue weighted by molar-refractivity contribution is 5.70. The van der Waals surface area contributed by atoms with Crippen LogP contribution >= 0.6 is 0 Å². The second kappa shape index (κ2) is 6.19. The fourth-order valence-electron chi connectivity index (χ4n) is 1.81. The van der Waals surface area contributed by atoms with E-state index >= 15 is 0 Å². The third-order valence-electron chi connectivity index (χ3n) is 2.85. The molecule has 0 bridgehead atoms. The SMILES string of the molecule is COc1[c]c(OC)cc(-c2cc(OC)[c]c(OC)c2)c1. The van der Waals surface area contributed by atoms with E-state index < -0.39 is 0 Å². The molecule has 0 saturated heterocycles. The highest BCUT2D eigenvalue weighted by Gasteiger charge is 2.08. The lowest BCUT2D eigenvalue weighted by molar-refractivity contribution is 0.391. The van der Waals surface area contributed by atoms with Crippen molar-refractivity contribution in [3.63, 3.8) is 0 Å². The van der Waals surface area contributed by atoms with E-state index in [0.29, 0.717) is 23.0 Å². The van der Waals surface area contributed by atoms with Crippen LogP contribution in [0.3, 0.4) is 0 Å². The minimum atomic E-state index is 0.602. The highest BCUT2D eigenvalue weighted by Crippen LogP contribution is 2.33. The Balaban J connectivity index is 2.54. The third-order valence-corrected chi connectivity index (χ3v) is 2.85. The largest absolute Gasteiger partial charge is 0.496 e. The summed E-state index contributed by atoms with van der Waals surface area (Å²) in [6, 6.07) is 13.5. The van der Waals surface area contributed by atoms with Crippen molar-refractivity contribution in [2.24, 2.45) is 0 Å². The molecule has 104 valence electrons. The van der Waals surface area contributed by atoms with Crippen LogP contribution in [0.4, 0.5) is 0 Å². The maximum atomic E-state index is 5.23. The van der Waals surface area contributed by atoms with E-state index in [1.54, 1.807) is 28.4 Å². The summed E-state index contributed by atoms with van der Waals surface area (Å²) in [4.78, 5) is 0. The fraction of sp³-hybridized carbons (Fsp3) is 0.250. The number of hydrogen-bond acceptors (Lipinski definition) is 4. The molecule has 2 aromatic rings. The van der Waals surface area contributed by atoms with Crippen LogP contribution in [0.1, 0.15) is 0 Å². The molecule has 0 aliphatic heterocycles. The molecule has 0 aliphatic rings. The van der Waals surface area contributed by atoms with Crippen LogP contribution in [-0.4, -0.2) is 28.4 Å². The standard InChI is InChI=1S/C16H16O4/c1-17-13-5-11(6-14(9-13)18-2)12-7-15(19-3)10-16(8-12)20-4/h5-8H,1-4H3. The molecule has 0 aliphatic carbocycles. The molecule has 0 saturated carbocycles. The Labute approximate surface area is 118 Å². The van der Waals surface area contributed by atoms with Crippen molar-refractivity contribution in [3.8, 4) is 34.1 Å². The summed E-state index contributed by atoms with van der Waals surface area (Å²) in [5.74, 6) is 2.41. The first-order valence-corrected chi connectivity index (χ1v) is 6.01. The van der Waals surface area contributed by atoms with E-state index in [9.17, 15) is 0 Å². The van der Waals surface area contributed by atoms with Crippen LogP contribution < -0.4 is 18.9 Å². The van der Waals surface area contributed by atoms with Crippen molar-refractivity contribution in [1.29, 1.82) is 0 Å². The molecule has 0 atom stereocenters. The van der Waals surface area contributed by atoms with Crippen molar-refractivity contribution in [2.75, 3.05) is 28.4 Å². The van der Waals surface area contributed by atoms with Gasteiger partial charge in [0.1, 0.15) is 23.0 Å². The Hall–Kier alpha value is -2.36. The first-order valence-electron chi connectivity index (χ1n) is 6.01. The van der Waals surface area contributed by atoms with Gasteiger partial charge in [0.15, 0.2) is 0 Å². The Morgan fingerprint density at radius 1 is 0.550 bits per heavy atom. The molecular weight excluding hydrogens is 256 g/mol. The lowest BCUT2D eigenvalue weighted by Crippen LogP contribution is -1.92. The average molecular weight is 272 g/mol. The van der Waals surface area contributed by atoms with Crippen molar-refractivity contribution in [1.82, 2.24) is 0 Å². The zero-order chi connectivity index (χ0) is 14.5. The van der Waals surface area contributed by atoms with Gasteiger partial charge < -0.3 is 18.9 Å². The minimum Gasteiger partial charge on any atom is -0.496 e. The van der Waals surface area contributed by atoms with Gasteiger partial charge >= 0.3 is 0 Å². The zero-order valence-electron chi connectivity index (χ0n) is 11.9. The summed E-state index contributed by atoms with van der Waals surface area (Å²) >= 11 is 0. The van der Waals surface area contributed by atoms with Crippen LogP contribution in [0.5, 0.6) is 23.0 Å². The fourth-order valence-corrected chi connectivity index (χ4v) is 1.81. The van der Waals surface area contributed by atoms with E-state index in [4.69, 9.17) is 18.9 Å². The molecule has 0 unspecified atom stereocenters. The normalized spacial score (nSPS) is 10.0. The zero-order valence-corrected chi connectivity index (χ0v) is 11.9. The average Bonchev–Trinajstić information content (AvgIpc) is 2.53. The number of hydrogen-bond donors (Lipinski definition) is 0. The molecule has 20 heavy (non-hydrogen) atoms. The van der Waals surface area contributed by atoms with Crippen molar-refractivity contribution < 1.29 is 18.9 Å². The molecule has 0 amide bonds. The molecule has 0 aromatic heterocycles. The lowest BCUT2D eigenvalue weighted by Gasteiger charge is -2.11. The van der Waals surface area contributed by atoms with Crippen LogP contribution in [-0.2, 0) is 0 Å². The molecule has 0 heterocycles. The maximum Gasteiger partial charge on any atom is 0.131 e. The Morgan fingerprint density at radius 2 is 0.800 bits per heavy atom. The quantitative estimate of drug-likeness (QED) is 0.838. The second-order valence-corrected chi connectivity index (χ2v) is 4.01. The Kier molecular flexibility index (Phi) is 4.35. The summed E-state index contributed by atoms with van der Waals surface area (Å²) in [7, 11) is 6.37. The number of ether oxygens (including phenoxy) is 4. The Morgan fingerprint density at radius 3 is 1.00 bits per heavy atom. The molecule has 4 heteroatoms. The maximum absolute atomic E-state index is 5.23. The summed E-state index contributed by atoms with van der Waals surface area (Å²) < 4.78 is 20.9. The number of methoxy groups -OCH3 is 4. The minimum absolute atomic E-state index is 0.602.